The van der Waals surface area contributed by atoms with Crippen LogP contribution in [-0.4, -0.2) is 48.8 Å². The number of hydrogen-bond acceptors (Lipinski definition) is 5. The van der Waals surface area contributed by atoms with Crippen LogP contribution >= 0.6 is 0 Å². The number of amides is 1. The third kappa shape index (κ3) is 4.71. The number of carbonyl (C=O) groups is 1. The molecule has 0 bridgehead atoms. The normalized spacial score (nSPS) is 19.3. The van der Waals surface area contributed by atoms with Crippen LogP contribution in [0.5, 0.6) is 11.5 Å². The highest BCUT2D eigenvalue weighted by molar-refractivity contribution is 5.86. The fraction of sp³-hybridized carbons (Fsp3) is 0.435. The molecule has 0 aromatic heterocycles. The van der Waals surface area contributed by atoms with Gasteiger partial charge in [-0.25, -0.2) is 0 Å². The molecule has 0 aliphatic carbocycles. The Morgan fingerprint density at radius 1 is 1.10 bits per heavy atom. The number of likely N-dealkylation sites (tertiary alicyclic amines) is 1. The minimum absolute atomic E-state index is 0.228. The predicted octanol–water partition coefficient (Wildman–Crippen LogP) is 2.66. The molecule has 1 fully saturated rings. The summed E-state index contributed by atoms with van der Waals surface area (Å²) in [6, 6.07) is 13.7. The van der Waals surface area contributed by atoms with Gasteiger partial charge in [0.05, 0.1) is 14.2 Å². The van der Waals surface area contributed by atoms with E-state index in [1.54, 1.807) is 19.1 Å². The van der Waals surface area contributed by atoms with E-state index >= 15 is 0 Å². The molecule has 1 heterocycles. The average molecular weight is 399 g/mol. The van der Waals surface area contributed by atoms with Crippen LogP contribution in [0.3, 0.4) is 0 Å². The summed E-state index contributed by atoms with van der Waals surface area (Å²) in [6.45, 7) is 3.89. The summed E-state index contributed by atoms with van der Waals surface area (Å²) < 4.78 is 10.8. The molecular formula is C23H30N2O4. The second-order valence-corrected chi connectivity index (χ2v) is 7.54. The Morgan fingerprint density at radius 2 is 1.86 bits per heavy atom. The summed E-state index contributed by atoms with van der Waals surface area (Å²) in [7, 11) is 3.18. The van der Waals surface area contributed by atoms with Crippen molar-refractivity contribution < 1.29 is 19.4 Å². The van der Waals surface area contributed by atoms with Gasteiger partial charge in [0.1, 0.15) is 0 Å². The van der Waals surface area contributed by atoms with Crippen molar-refractivity contribution in [3.05, 3.63) is 59.2 Å². The van der Waals surface area contributed by atoms with Gasteiger partial charge in [-0.05, 0) is 37.0 Å². The highest BCUT2D eigenvalue weighted by Gasteiger charge is 2.42. The summed E-state index contributed by atoms with van der Waals surface area (Å²) in [5.41, 5.74) is 1.82. The molecule has 0 spiro atoms. The van der Waals surface area contributed by atoms with Gasteiger partial charge < -0.3 is 24.8 Å². The number of nitrogens with one attached hydrogen (secondary N) is 1. The zero-order valence-electron chi connectivity index (χ0n) is 17.4. The maximum absolute atomic E-state index is 13.1. The van der Waals surface area contributed by atoms with Crippen molar-refractivity contribution in [2.45, 2.75) is 38.5 Å². The van der Waals surface area contributed by atoms with Crippen molar-refractivity contribution >= 4 is 5.91 Å². The maximum Gasteiger partial charge on any atom is 0.256 e. The Balaban J connectivity index is 1.67. The SMILES string of the molecule is COc1cccc(CN2CCC[C@@](O)(CNCc3ccccc3C)C2=O)c1OC. The minimum Gasteiger partial charge on any atom is -0.493 e. The van der Waals surface area contributed by atoms with E-state index in [0.717, 1.165) is 17.5 Å². The first-order valence-electron chi connectivity index (χ1n) is 9.95. The van der Waals surface area contributed by atoms with E-state index in [-0.39, 0.29) is 12.5 Å². The highest BCUT2D eigenvalue weighted by Crippen LogP contribution is 2.33. The number of carbonyl (C=O) groups excluding carboxylic acids is 1. The standard InChI is InChI=1S/C23H30N2O4/c1-17-8-4-5-9-18(17)14-24-16-23(27)12-7-13-25(22(23)26)15-19-10-6-11-20(28-2)21(19)29-3/h4-6,8-11,24,27H,7,12-16H2,1-3H3/t23-/m1/s1. The van der Waals surface area contributed by atoms with Crippen LogP contribution in [0.25, 0.3) is 0 Å². The number of ether oxygens (including phenoxy) is 2. The van der Waals surface area contributed by atoms with Gasteiger partial charge in [0.25, 0.3) is 5.91 Å². The Hall–Kier alpha value is -2.57. The number of methoxy groups -OCH3 is 2. The van der Waals surface area contributed by atoms with Gasteiger partial charge in [0, 0.05) is 31.7 Å². The minimum atomic E-state index is -1.40. The third-order valence-electron chi connectivity index (χ3n) is 5.54. The zero-order valence-corrected chi connectivity index (χ0v) is 17.4. The third-order valence-corrected chi connectivity index (χ3v) is 5.54. The molecule has 3 rings (SSSR count). The second-order valence-electron chi connectivity index (χ2n) is 7.54. The molecule has 1 saturated heterocycles. The number of piperidine rings is 1. The summed E-state index contributed by atoms with van der Waals surface area (Å²) in [5, 5.41) is 14.3. The van der Waals surface area contributed by atoms with Gasteiger partial charge in [0.2, 0.25) is 0 Å². The van der Waals surface area contributed by atoms with Gasteiger partial charge in [-0.15, -0.1) is 0 Å². The number of nitrogens with zero attached hydrogens (tertiary/aromatic N) is 1. The van der Waals surface area contributed by atoms with Crippen molar-refractivity contribution in [1.82, 2.24) is 10.2 Å². The monoisotopic (exact) mass is 398 g/mol. The molecule has 156 valence electrons. The summed E-state index contributed by atoms with van der Waals surface area (Å²) >= 11 is 0. The quantitative estimate of drug-likeness (QED) is 0.715. The van der Waals surface area contributed by atoms with E-state index in [1.165, 1.54) is 5.56 Å². The van der Waals surface area contributed by atoms with Crippen molar-refractivity contribution in [2.24, 2.45) is 0 Å². The largest absolute Gasteiger partial charge is 0.493 e. The number of para-hydroxylation sites is 1. The Kier molecular flexibility index (Phi) is 6.77. The lowest BCUT2D eigenvalue weighted by molar-refractivity contribution is -0.157. The molecule has 1 aliphatic rings. The summed E-state index contributed by atoms with van der Waals surface area (Å²) in [5.74, 6) is 1.00. The molecule has 6 nitrogen and oxygen atoms in total. The fourth-order valence-electron chi connectivity index (χ4n) is 3.88. The maximum atomic E-state index is 13.1. The molecular weight excluding hydrogens is 368 g/mol. The lowest BCUT2D eigenvalue weighted by Crippen LogP contribution is -2.57. The molecule has 0 radical (unpaired) electrons. The average Bonchev–Trinajstić information content (AvgIpc) is 2.72. The van der Waals surface area contributed by atoms with Crippen LogP contribution in [0.4, 0.5) is 0 Å². The van der Waals surface area contributed by atoms with E-state index in [1.807, 2.05) is 30.3 Å². The van der Waals surface area contributed by atoms with E-state index in [0.29, 0.717) is 37.6 Å². The number of hydrogen-bond donors (Lipinski definition) is 2. The summed E-state index contributed by atoms with van der Waals surface area (Å²) in [6.07, 6.45) is 1.21. The van der Waals surface area contributed by atoms with Crippen LogP contribution in [0.15, 0.2) is 42.5 Å². The molecule has 6 heteroatoms. The van der Waals surface area contributed by atoms with Gasteiger partial charge in [-0.2, -0.15) is 0 Å². The van der Waals surface area contributed by atoms with Crippen LogP contribution in [0.2, 0.25) is 0 Å². The van der Waals surface area contributed by atoms with E-state index in [9.17, 15) is 9.90 Å². The second kappa shape index (κ2) is 9.29. The predicted molar refractivity (Wildman–Crippen MR) is 112 cm³/mol. The number of aryl methyl sites for hydroxylation is 1. The van der Waals surface area contributed by atoms with Crippen LogP contribution < -0.4 is 14.8 Å². The van der Waals surface area contributed by atoms with Crippen molar-refractivity contribution in [1.29, 1.82) is 0 Å². The van der Waals surface area contributed by atoms with E-state index in [2.05, 4.69) is 24.4 Å². The fourth-order valence-corrected chi connectivity index (χ4v) is 3.88. The molecule has 1 atom stereocenters. The number of aliphatic hydroxyl groups is 1. The topological polar surface area (TPSA) is 71.0 Å². The molecule has 1 amide bonds. The van der Waals surface area contributed by atoms with Crippen molar-refractivity contribution in [2.75, 3.05) is 27.3 Å². The molecule has 2 N–H and O–H groups in total. The lowest BCUT2D eigenvalue weighted by Gasteiger charge is -2.38. The molecule has 2 aromatic rings. The Labute approximate surface area is 172 Å². The first-order chi connectivity index (χ1) is 14.0. The molecule has 0 saturated carbocycles. The van der Waals surface area contributed by atoms with Crippen LogP contribution in [0, 0.1) is 6.92 Å². The number of rotatable bonds is 8. The number of benzene rings is 2. The molecule has 0 unspecified atom stereocenters. The van der Waals surface area contributed by atoms with Gasteiger partial charge in [0.15, 0.2) is 17.1 Å². The Bertz CT molecular complexity index is 855. The summed E-state index contributed by atoms with van der Waals surface area (Å²) in [4.78, 5) is 14.8. The zero-order chi connectivity index (χ0) is 20.9. The highest BCUT2D eigenvalue weighted by atomic mass is 16.5. The molecule has 1 aliphatic heterocycles. The van der Waals surface area contributed by atoms with Crippen molar-refractivity contribution in [3.63, 3.8) is 0 Å². The lowest BCUT2D eigenvalue weighted by atomic mass is 9.91. The smallest absolute Gasteiger partial charge is 0.256 e. The first-order valence-corrected chi connectivity index (χ1v) is 9.95. The van der Waals surface area contributed by atoms with Gasteiger partial charge in [-0.1, -0.05) is 36.4 Å². The molecule has 2 aromatic carbocycles. The van der Waals surface area contributed by atoms with Crippen molar-refractivity contribution in [3.8, 4) is 11.5 Å². The van der Waals surface area contributed by atoms with Crippen LogP contribution in [0.1, 0.15) is 29.5 Å². The first kappa shape index (κ1) is 21.1. The van der Waals surface area contributed by atoms with E-state index in [4.69, 9.17) is 9.47 Å². The Morgan fingerprint density at radius 3 is 2.59 bits per heavy atom. The van der Waals surface area contributed by atoms with Gasteiger partial charge >= 0.3 is 0 Å². The van der Waals surface area contributed by atoms with Gasteiger partial charge in [-0.3, -0.25) is 4.79 Å². The molecule has 29 heavy (non-hydrogen) atoms. The van der Waals surface area contributed by atoms with Crippen LogP contribution in [-0.2, 0) is 17.9 Å². The van der Waals surface area contributed by atoms with E-state index < -0.39 is 5.60 Å².